The van der Waals surface area contributed by atoms with Crippen molar-refractivity contribution in [2.24, 2.45) is 0 Å². The maximum Gasteiger partial charge on any atom is 0.120 e. The van der Waals surface area contributed by atoms with E-state index in [9.17, 15) is 0 Å². The van der Waals surface area contributed by atoms with E-state index in [1.165, 1.54) is 5.56 Å². The van der Waals surface area contributed by atoms with E-state index >= 15 is 0 Å². The van der Waals surface area contributed by atoms with Crippen molar-refractivity contribution in [2.45, 2.75) is 32.9 Å². The van der Waals surface area contributed by atoms with Crippen LogP contribution < -0.4 is 5.32 Å². The second-order valence-corrected chi connectivity index (χ2v) is 4.85. The van der Waals surface area contributed by atoms with Crippen molar-refractivity contribution in [1.29, 1.82) is 0 Å². The van der Waals surface area contributed by atoms with E-state index in [-0.39, 0.29) is 12.6 Å². The van der Waals surface area contributed by atoms with Crippen LogP contribution in [0.4, 0.5) is 0 Å². The minimum atomic E-state index is 0.105. The van der Waals surface area contributed by atoms with Gasteiger partial charge >= 0.3 is 0 Å². The van der Waals surface area contributed by atoms with Gasteiger partial charge in [0.2, 0.25) is 0 Å². The molecule has 19 heavy (non-hydrogen) atoms. The summed E-state index contributed by atoms with van der Waals surface area (Å²) in [5.41, 5.74) is 2.23. The van der Waals surface area contributed by atoms with Crippen molar-refractivity contribution in [2.75, 3.05) is 6.54 Å². The molecule has 0 spiro atoms. The first-order valence-corrected chi connectivity index (χ1v) is 6.67. The van der Waals surface area contributed by atoms with Crippen molar-refractivity contribution in [3.8, 4) is 0 Å². The second-order valence-electron chi connectivity index (χ2n) is 4.85. The maximum absolute atomic E-state index is 8.98. The molecule has 0 radical (unpaired) electrons. The number of aliphatic hydroxyl groups is 1. The molecule has 1 aromatic heterocycles. The van der Waals surface area contributed by atoms with E-state index in [4.69, 9.17) is 9.52 Å². The molecule has 0 aliphatic heterocycles. The minimum absolute atomic E-state index is 0.105. The number of benzene rings is 1. The Bertz CT molecular complexity index is 502. The summed E-state index contributed by atoms with van der Waals surface area (Å²) in [6.07, 6.45) is 0.968. The standard InChI is InChI=1S/C16H21NO2/c1-12-3-8-16(19-12)13(2)17-10-9-14-4-6-15(11-18)7-5-14/h3-8,13,17-18H,9-11H2,1-2H3. The molecule has 1 aromatic carbocycles. The smallest absolute Gasteiger partial charge is 0.120 e. The third kappa shape index (κ3) is 3.94. The van der Waals surface area contributed by atoms with E-state index < -0.39 is 0 Å². The molecular weight excluding hydrogens is 238 g/mol. The van der Waals surface area contributed by atoms with Crippen LogP contribution in [0.15, 0.2) is 40.8 Å². The highest BCUT2D eigenvalue weighted by Gasteiger charge is 2.08. The summed E-state index contributed by atoms with van der Waals surface area (Å²) in [7, 11) is 0. The number of furan rings is 1. The van der Waals surface area contributed by atoms with Gasteiger partial charge in [-0.1, -0.05) is 24.3 Å². The van der Waals surface area contributed by atoms with Crippen molar-refractivity contribution in [1.82, 2.24) is 5.32 Å². The summed E-state index contributed by atoms with van der Waals surface area (Å²) in [6, 6.07) is 12.3. The van der Waals surface area contributed by atoms with Crippen LogP contribution in [0.5, 0.6) is 0 Å². The molecule has 0 amide bonds. The highest BCUT2D eigenvalue weighted by molar-refractivity contribution is 5.22. The van der Waals surface area contributed by atoms with Gasteiger partial charge in [0.1, 0.15) is 11.5 Å². The summed E-state index contributed by atoms with van der Waals surface area (Å²) in [6.45, 7) is 5.07. The molecule has 2 N–H and O–H groups in total. The third-order valence-electron chi connectivity index (χ3n) is 3.26. The van der Waals surface area contributed by atoms with Crippen molar-refractivity contribution >= 4 is 0 Å². The Balaban J connectivity index is 1.79. The zero-order valence-electron chi connectivity index (χ0n) is 11.5. The average Bonchev–Trinajstić information content (AvgIpc) is 2.86. The molecule has 0 aliphatic rings. The fourth-order valence-corrected chi connectivity index (χ4v) is 2.03. The summed E-state index contributed by atoms with van der Waals surface area (Å²) < 4.78 is 5.59. The highest BCUT2D eigenvalue weighted by Crippen LogP contribution is 2.15. The minimum Gasteiger partial charge on any atom is -0.465 e. The van der Waals surface area contributed by atoms with Crippen LogP contribution in [0, 0.1) is 6.92 Å². The van der Waals surface area contributed by atoms with Crippen LogP contribution in [0.3, 0.4) is 0 Å². The average molecular weight is 259 g/mol. The second kappa shape index (κ2) is 6.55. The molecule has 3 nitrogen and oxygen atoms in total. The SMILES string of the molecule is Cc1ccc(C(C)NCCc2ccc(CO)cc2)o1. The Labute approximate surface area is 114 Å². The zero-order chi connectivity index (χ0) is 13.7. The van der Waals surface area contributed by atoms with Gasteiger partial charge in [-0.3, -0.25) is 0 Å². The summed E-state index contributed by atoms with van der Waals surface area (Å²) in [4.78, 5) is 0. The topological polar surface area (TPSA) is 45.4 Å². The fourth-order valence-electron chi connectivity index (χ4n) is 2.03. The Morgan fingerprint density at radius 3 is 2.37 bits per heavy atom. The molecule has 0 saturated carbocycles. The van der Waals surface area contributed by atoms with Gasteiger partial charge in [-0.15, -0.1) is 0 Å². The summed E-state index contributed by atoms with van der Waals surface area (Å²) in [5, 5.41) is 12.4. The largest absolute Gasteiger partial charge is 0.465 e. The molecular formula is C16H21NO2. The first-order valence-electron chi connectivity index (χ1n) is 6.67. The van der Waals surface area contributed by atoms with Crippen LogP contribution >= 0.6 is 0 Å². The van der Waals surface area contributed by atoms with Gasteiger partial charge in [-0.25, -0.2) is 0 Å². The quantitative estimate of drug-likeness (QED) is 0.838. The van der Waals surface area contributed by atoms with Crippen LogP contribution in [0.2, 0.25) is 0 Å². The molecule has 3 heteroatoms. The Morgan fingerprint density at radius 1 is 1.11 bits per heavy atom. The predicted molar refractivity (Wildman–Crippen MR) is 75.9 cm³/mol. The lowest BCUT2D eigenvalue weighted by molar-refractivity contribution is 0.282. The molecule has 0 saturated heterocycles. The van der Waals surface area contributed by atoms with Crippen molar-refractivity contribution < 1.29 is 9.52 Å². The van der Waals surface area contributed by atoms with Gasteiger partial charge in [0.05, 0.1) is 12.6 Å². The van der Waals surface area contributed by atoms with Crippen LogP contribution in [-0.2, 0) is 13.0 Å². The van der Waals surface area contributed by atoms with E-state index in [1.807, 2.05) is 31.2 Å². The first kappa shape index (κ1) is 13.8. The number of aliphatic hydroxyl groups excluding tert-OH is 1. The number of rotatable bonds is 6. The number of hydrogen-bond donors (Lipinski definition) is 2. The van der Waals surface area contributed by atoms with Gasteiger partial charge in [0, 0.05) is 0 Å². The van der Waals surface area contributed by atoms with E-state index in [0.717, 1.165) is 30.0 Å². The molecule has 0 aliphatic carbocycles. The maximum atomic E-state index is 8.98. The Morgan fingerprint density at radius 2 is 1.79 bits per heavy atom. The lowest BCUT2D eigenvalue weighted by atomic mass is 10.1. The van der Waals surface area contributed by atoms with Gasteiger partial charge < -0.3 is 14.8 Å². The monoisotopic (exact) mass is 259 g/mol. The predicted octanol–water partition coefficient (Wildman–Crippen LogP) is 2.97. The Hall–Kier alpha value is -1.58. The lowest BCUT2D eigenvalue weighted by Crippen LogP contribution is -2.20. The fraction of sp³-hybridized carbons (Fsp3) is 0.375. The van der Waals surface area contributed by atoms with Gasteiger partial charge in [-0.05, 0) is 50.1 Å². The normalized spacial score (nSPS) is 12.6. The number of aryl methyl sites for hydroxylation is 1. The van der Waals surface area contributed by atoms with Crippen LogP contribution in [-0.4, -0.2) is 11.7 Å². The highest BCUT2D eigenvalue weighted by atomic mass is 16.3. The molecule has 2 rings (SSSR count). The van der Waals surface area contributed by atoms with Gasteiger partial charge in [0.15, 0.2) is 0 Å². The summed E-state index contributed by atoms with van der Waals surface area (Å²) in [5.74, 6) is 1.93. The van der Waals surface area contributed by atoms with Gasteiger partial charge in [0.25, 0.3) is 0 Å². The van der Waals surface area contributed by atoms with Gasteiger partial charge in [-0.2, -0.15) is 0 Å². The summed E-state index contributed by atoms with van der Waals surface area (Å²) >= 11 is 0. The lowest BCUT2D eigenvalue weighted by Gasteiger charge is -2.11. The van der Waals surface area contributed by atoms with Crippen LogP contribution in [0.1, 0.15) is 35.6 Å². The van der Waals surface area contributed by atoms with Crippen molar-refractivity contribution in [3.05, 3.63) is 59.0 Å². The van der Waals surface area contributed by atoms with E-state index in [1.54, 1.807) is 0 Å². The molecule has 0 fully saturated rings. The van der Waals surface area contributed by atoms with Crippen molar-refractivity contribution in [3.63, 3.8) is 0 Å². The van der Waals surface area contributed by atoms with E-state index in [2.05, 4.69) is 24.4 Å². The molecule has 1 heterocycles. The zero-order valence-corrected chi connectivity index (χ0v) is 11.5. The number of nitrogens with one attached hydrogen (secondary N) is 1. The molecule has 2 aromatic rings. The van der Waals surface area contributed by atoms with Crippen LogP contribution in [0.25, 0.3) is 0 Å². The molecule has 1 atom stereocenters. The van der Waals surface area contributed by atoms with E-state index in [0.29, 0.717) is 0 Å². The first-order chi connectivity index (χ1) is 9.19. The number of hydrogen-bond acceptors (Lipinski definition) is 3. The Kier molecular flexibility index (Phi) is 4.77. The molecule has 1 unspecified atom stereocenters. The molecule has 0 bridgehead atoms. The third-order valence-corrected chi connectivity index (χ3v) is 3.26. The molecule has 102 valence electrons.